The molecule has 5 heterocycles. The van der Waals surface area contributed by atoms with Crippen LogP contribution in [0.25, 0.3) is 55.8 Å². The summed E-state index contributed by atoms with van der Waals surface area (Å²) in [6.07, 6.45) is 7.80. The maximum Gasteiger partial charge on any atom is 0.159 e. The predicted octanol–water partition coefficient (Wildman–Crippen LogP) is 5.85. The highest BCUT2D eigenvalue weighted by atomic mass is 19.1. The Balaban J connectivity index is 1.21. The SMILES string of the molecule is COc1cc(F)cc(-c2cccc3[nH]c(-c4n[nH]c5cnc(-c6cncc(OCCN7CCCC7)c6)cc45)nc23)c1. The summed E-state index contributed by atoms with van der Waals surface area (Å²) in [5, 5.41) is 8.48. The number of aromatic nitrogens is 6. The van der Waals surface area contributed by atoms with Crippen LogP contribution < -0.4 is 9.47 Å². The van der Waals surface area contributed by atoms with Crippen molar-refractivity contribution in [1.29, 1.82) is 0 Å². The zero-order chi connectivity index (χ0) is 27.8. The first-order chi connectivity index (χ1) is 20.1. The highest BCUT2D eigenvalue weighted by Gasteiger charge is 2.17. The van der Waals surface area contributed by atoms with Gasteiger partial charge in [-0.3, -0.25) is 20.0 Å². The van der Waals surface area contributed by atoms with Crippen LogP contribution in [-0.2, 0) is 0 Å². The Morgan fingerprint density at radius 3 is 2.71 bits per heavy atom. The zero-order valence-corrected chi connectivity index (χ0v) is 22.5. The average Bonchev–Trinajstić information content (AvgIpc) is 3.76. The average molecular weight is 550 g/mol. The van der Waals surface area contributed by atoms with E-state index in [-0.39, 0.29) is 5.82 Å². The molecule has 9 nitrogen and oxygen atoms in total. The van der Waals surface area contributed by atoms with E-state index in [9.17, 15) is 4.39 Å². The molecule has 41 heavy (non-hydrogen) atoms. The van der Waals surface area contributed by atoms with Gasteiger partial charge in [0.15, 0.2) is 5.82 Å². The Labute approximate surface area is 235 Å². The molecule has 7 rings (SSSR count). The van der Waals surface area contributed by atoms with Crippen molar-refractivity contribution in [3.63, 3.8) is 0 Å². The van der Waals surface area contributed by atoms with Crippen molar-refractivity contribution in [2.45, 2.75) is 12.8 Å². The van der Waals surface area contributed by atoms with E-state index in [1.54, 1.807) is 24.7 Å². The summed E-state index contributed by atoms with van der Waals surface area (Å²) in [4.78, 5) is 19.7. The summed E-state index contributed by atoms with van der Waals surface area (Å²) in [5.74, 6) is 1.38. The number of imidazole rings is 1. The number of likely N-dealkylation sites (tertiary alicyclic amines) is 1. The van der Waals surface area contributed by atoms with E-state index in [2.05, 4.69) is 30.0 Å². The molecule has 0 saturated carbocycles. The van der Waals surface area contributed by atoms with Crippen molar-refractivity contribution in [1.82, 2.24) is 35.0 Å². The van der Waals surface area contributed by atoms with Crippen LogP contribution >= 0.6 is 0 Å². The smallest absolute Gasteiger partial charge is 0.159 e. The van der Waals surface area contributed by atoms with Gasteiger partial charge < -0.3 is 14.5 Å². The number of halogens is 1. The number of aromatic amines is 2. The second kappa shape index (κ2) is 10.6. The molecule has 1 saturated heterocycles. The number of H-pyrrole nitrogens is 2. The Morgan fingerprint density at radius 1 is 0.951 bits per heavy atom. The van der Waals surface area contributed by atoms with Crippen molar-refractivity contribution in [3.05, 3.63) is 72.9 Å². The molecule has 1 fully saturated rings. The van der Waals surface area contributed by atoms with Crippen molar-refractivity contribution in [2.75, 3.05) is 33.4 Å². The minimum atomic E-state index is -0.374. The quantitative estimate of drug-likeness (QED) is 0.245. The normalized spacial score (nSPS) is 13.8. The van der Waals surface area contributed by atoms with Gasteiger partial charge in [0.2, 0.25) is 0 Å². The molecule has 0 radical (unpaired) electrons. The van der Waals surface area contributed by atoms with Gasteiger partial charge in [-0.05, 0) is 61.8 Å². The first-order valence-corrected chi connectivity index (χ1v) is 13.6. The minimum Gasteiger partial charge on any atom is -0.497 e. The highest BCUT2D eigenvalue weighted by Crippen LogP contribution is 2.34. The summed E-state index contributed by atoms with van der Waals surface area (Å²) in [6, 6.07) is 14.3. The van der Waals surface area contributed by atoms with Crippen molar-refractivity contribution in [2.24, 2.45) is 0 Å². The van der Waals surface area contributed by atoms with E-state index in [1.165, 1.54) is 32.1 Å². The number of hydrogen-bond acceptors (Lipinski definition) is 7. The third-order valence-electron chi connectivity index (χ3n) is 7.49. The van der Waals surface area contributed by atoms with Gasteiger partial charge >= 0.3 is 0 Å². The molecule has 0 spiro atoms. The molecule has 1 aliphatic rings. The number of benzene rings is 2. The molecule has 206 valence electrons. The van der Waals surface area contributed by atoms with E-state index in [0.29, 0.717) is 35.0 Å². The van der Waals surface area contributed by atoms with Crippen molar-refractivity contribution >= 4 is 21.9 Å². The largest absolute Gasteiger partial charge is 0.497 e. The van der Waals surface area contributed by atoms with Crippen LogP contribution in [0, 0.1) is 5.82 Å². The molecular weight excluding hydrogens is 521 g/mol. The first-order valence-electron chi connectivity index (χ1n) is 13.6. The van der Waals surface area contributed by atoms with E-state index in [1.807, 2.05) is 30.3 Å². The summed E-state index contributed by atoms with van der Waals surface area (Å²) in [5.41, 5.74) is 6.04. The topological polar surface area (TPSA) is 105 Å². The molecule has 1 aliphatic heterocycles. The number of nitrogens with zero attached hydrogens (tertiary/aromatic N) is 5. The Kier molecular flexibility index (Phi) is 6.52. The molecule has 0 aliphatic carbocycles. The van der Waals surface area contributed by atoms with Crippen LogP contribution in [0.5, 0.6) is 11.5 Å². The number of para-hydroxylation sites is 1. The van der Waals surface area contributed by atoms with Gasteiger partial charge in [-0.15, -0.1) is 0 Å². The van der Waals surface area contributed by atoms with Crippen LogP contribution in [0.4, 0.5) is 4.39 Å². The van der Waals surface area contributed by atoms with Crippen molar-refractivity contribution < 1.29 is 13.9 Å². The fraction of sp³-hybridized carbons (Fsp3) is 0.226. The third-order valence-corrected chi connectivity index (χ3v) is 7.49. The second-order valence-electron chi connectivity index (χ2n) is 10.2. The Hall–Kier alpha value is -4.83. The maximum absolute atomic E-state index is 14.3. The lowest BCUT2D eigenvalue weighted by molar-refractivity contribution is 0.237. The van der Waals surface area contributed by atoms with Crippen LogP contribution in [0.15, 0.2) is 67.1 Å². The molecule has 0 amide bonds. The molecule has 0 atom stereocenters. The molecule has 2 N–H and O–H groups in total. The number of rotatable bonds is 8. The molecule has 10 heteroatoms. The summed E-state index contributed by atoms with van der Waals surface area (Å²) in [6.45, 7) is 3.83. The lowest BCUT2D eigenvalue weighted by atomic mass is 10.0. The Bertz CT molecular complexity index is 1860. The maximum atomic E-state index is 14.3. The monoisotopic (exact) mass is 549 g/mol. The van der Waals surface area contributed by atoms with E-state index in [0.717, 1.165) is 58.6 Å². The summed E-state index contributed by atoms with van der Waals surface area (Å²) in [7, 11) is 1.52. The number of ether oxygens (including phenoxy) is 2. The lowest BCUT2D eigenvalue weighted by Gasteiger charge is -2.15. The van der Waals surface area contributed by atoms with Crippen molar-refractivity contribution in [3.8, 4) is 45.4 Å². The Morgan fingerprint density at radius 2 is 1.83 bits per heavy atom. The number of pyridine rings is 2. The van der Waals surface area contributed by atoms with Crippen LogP contribution in [0.2, 0.25) is 0 Å². The number of hydrogen-bond donors (Lipinski definition) is 2. The van der Waals surface area contributed by atoms with Gasteiger partial charge in [0.05, 0.1) is 41.7 Å². The minimum absolute atomic E-state index is 0.374. The van der Waals surface area contributed by atoms with Crippen LogP contribution in [0.3, 0.4) is 0 Å². The number of methoxy groups -OCH3 is 1. The molecule has 0 unspecified atom stereocenters. The fourth-order valence-electron chi connectivity index (χ4n) is 5.41. The molecular formula is C31H28FN7O2. The number of nitrogens with one attached hydrogen (secondary N) is 2. The number of fused-ring (bicyclic) bond motifs is 2. The molecule has 4 aromatic heterocycles. The lowest BCUT2D eigenvalue weighted by Crippen LogP contribution is -2.25. The zero-order valence-electron chi connectivity index (χ0n) is 22.5. The van der Waals surface area contributed by atoms with Gasteiger partial charge in [-0.25, -0.2) is 9.37 Å². The fourth-order valence-corrected chi connectivity index (χ4v) is 5.41. The van der Waals surface area contributed by atoms with Gasteiger partial charge in [-0.2, -0.15) is 5.10 Å². The summed E-state index contributed by atoms with van der Waals surface area (Å²) >= 11 is 0. The van der Waals surface area contributed by atoms with E-state index in [4.69, 9.17) is 14.5 Å². The third kappa shape index (κ3) is 4.98. The van der Waals surface area contributed by atoms with Gasteiger partial charge in [0.25, 0.3) is 0 Å². The summed E-state index contributed by atoms with van der Waals surface area (Å²) < 4.78 is 25.6. The highest BCUT2D eigenvalue weighted by molar-refractivity contribution is 5.97. The molecule has 0 bridgehead atoms. The van der Waals surface area contributed by atoms with Gasteiger partial charge in [0, 0.05) is 35.3 Å². The first kappa shape index (κ1) is 25.2. The van der Waals surface area contributed by atoms with E-state index < -0.39 is 0 Å². The predicted molar refractivity (Wildman–Crippen MR) is 155 cm³/mol. The van der Waals surface area contributed by atoms with Crippen LogP contribution in [0.1, 0.15) is 12.8 Å². The molecule has 6 aromatic rings. The second-order valence-corrected chi connectivity index (χ2v) is 10.2. The van der Waals surface area contributed by atoms with Gasteiger partial charge in [-0.1, -0.05) is 12.1 Å². The van der Waals surface area contributed by atoms with Gasteiger partial charge in [0.1, 0.15) is 29.6 Å². The standard InChI is InChI=1S/C31H28FN7O2/c1-40-22-12-19(11-21(32)14-22)24-5-4-6-26-29(24)36-31(35-26)30-25-15-27(34-18-28(25)37-38-30)20-13-23(17-33-16-20)41-10-9-39-7-2-3-8-39/h4-6,11-18H,2-3,7-10H2,1H3,(H,35,36)(H,37,38). The van der Waals surface area contributed by atoms with E-state index >= 15 is 0 Å². The molecule has 2 aromatic carbocycles. The van der Waals surface area contributed by atoms with Crippen LogP contribution in [-0.4, -0.2) is 68.4 Å².